The number of hydrogen-bond donors (Lipinski definition) is 4. The predicted octanol–water partition coefficient (Wildman–Crippen LogP) is 2.83. The van der Waals surface area contributed by atoms with Gasteiger partial charge in [-0.2, -0.15) is 0 Å². The molecule has 1 aliphatic carbocycles. The summed E-state index contributed by atoms with van der Waals surface area (Å²) in [6.45, 7) is 2.85. The van der Waals surface area contributed by atoms with E-state index in [0.717, 1.165) is 56.7 Å². The van der Waals surface area contributed by atoms with E-state index in [1.165, 1.54) is 38.2 Å². The average molecular weight is 582 g/mol. The lowest BCUT2D eigenvalue weighted by Crippen LogP contribution is -2.51. The molecule has 3 fully saturated rings. The zero-order chi connectivity index (χ0) is 30.2. The van der Waals surface area contributed by atoms with Gasteiger partial charge in [-0.15, -0.1) is 0 Å². The van der Waals surface area contributed by atoms with E-state index in [4.69, 9.17) is 22.9 Å². The van der Waals surface area contributed by atoms with E-state index in [2.05, 4.69) is 9.72 Å². The molecule has 2 atom stereocenters. The number of likely N-dealkylation sites (tertiary alicyclic amines) is 2. The third-order valence-electron chi connectivity index (χ3n) is 9.14. The number of pyridine rings is 1. The van der Waals surface area contributed by atoms with Crippen molar-refractivity contribution in [2.24, 2.45) is 40.9 Å². The fourth-order valence-electron chi connectivity index (χ4n) is 6.92. The summed E-state index contributed by atoms with van der Waals surface area (Å²) in [5.41, 5.74) is 22.0. The molecule has 3 heterocycles. The highest BCUT2D eigenvalue weighted by Gasteiger charge is 2.41. The second-order valence-corrected chi connectivity index (χ2v) is 11.6. The van der Waals surface area contributed by atoms with Crippen LogP contribution in [0.5, 0.6) is 0 Å². The van der Waals surface area contributed by atoms with Crippen LogP contribution < -0.4 is 22.9 Å². The number of urea groups is 2. The molecule has 5 rings (SSSR count). The average Bonchev–Trinajstić information content (AvgIpc) is 3.01. The summed E-state index contributed by atoms with van der Waals surface area (Å²) in [5.74, 6) is 1.42. The molecule has 4 amide bonds. The van der Waals surface area contributed by atoms with Gasteiger partial charge >= 0.3 is 24.0 Å². The summed E-state index contributed by atoms with van der Waals surface area (Å²) < 4.78 is 4.51. The van der Waals surface area contributed by atoms with Crippen LogP contribution in [0.1, 0.15) is 61.7 Å². The van der Waals surface area contributed by atoms with Gasteiger partial charge in [0.2, 0.25) is 0 Å². The van der Waals surface area contributed by atoms with Crippen LogP contribution in [0.3, 0.4) is 0 Å². The summed E-state index contributed by atoms with van der Waals surface area (Å²) in [7, 11) is 0. The summed E-state index contributed by atoms with van der Waals surface area (Å²) in [6, 6.07) is 6.00. The van der Waals surface area contributed by atoms with Crippen molar-refractivity contribution >= 4 is 40.6 Å². The number of anilines is 1. The van der Waals surface area contributed by atoms with Crippen molar-refractivity contribution in [2.45, 2.75) is 51.4 Å². The lowest BCUT2D eigenvalue weighted by molar-refractivity contribution is -0.136. The van der Waals surface area contributed by atoms with Crippen molar-refractivity contribution in [2.75, 3.05) is 38.5 Å². The summed E-state index contributed by atoms with van der Waals surface area (Å²) in [4.78, 5) is 53.1. The number of nitrogens with zero attached hydrogens (tertiary/aromatic N) is 3. The first kappa shape index (κ1) is 31.0. The lowest BCUT2D eigenvalue weighted by atomic mass is 9.65. The third kappa shape index (κ3) is 7.67. The Bertz CT molecular complexity index is 1270. The predicted molar refractivity (Wildman–Crippen MR) is 159 cm³/mol. The van der Waals surface area contributed by atoms with Crippen molar-refractivity contribution in [3.63, 3.8) is 0 Å². The van der Waals surface area contributed by atoms with Crippen LogP contribution in [-0.2, 0) is 9.53 Å². The number of amides is 4. The molecule has 12 nitrogen and oxygen atoms in total. The Morgan fingerprint density at radius 3 is 2.12 bits per heavy atom. The third-order valence-corrected chi connectivity index (χ3v) is 9.14. The Kier molecular flexibility index (Phi) is 10.6. The van der Waals surface area contributed by atoms with Gasteiger partial charge in [-0.1, -0.05) is 38.2 Å². The summed E-state index contributed by atoms with van der Waals surface area (Å²) in [6.07, 6.45) is 11.3. The van der Waals surface area contributed by atoms with Crippen LogP contribution in [0.4, 0.5) is 15.4 Å². The van der Waals surface area contributed by atoms with Crippen molar-refractivity contribution < 1.29 is 23.9 Å². The van der Waals surface area contributed by atoms with E-state index in [1.807, 2.05) is 4.90 Å². The molecule has 3 aliphatic rings. The van der Waals surface area contributed by atoms with E-state index in [-0.39, 0.29) is 24.2 Å². The number of carbonyl (C=O) groups excluding carboxylic acids is 4. The standard InChI is InChI=1S/C18H32N4O2.C12H11N3O3/c19-17(23)21-9-6-14(7-10-21)15-8-11-22(18(20)24)12-16(15)13-4-2-1-3-5-13;13-6-10(16)18-12(17)8-2-1-7-3-4-15-11(14)9(7)5-8/h13-16H,1-12H2,(H2,19,23)(H2,20,24);1-5H,6,13H2,(H2,14,15). The Labute approximate surface area is 246 Å². The minimum Gasteiger partial charge on any atom is -0.388 e. The monoisotopic (exact) mass is 581 g/mol. The van der Waals surface area contributed by atoms with Crippen molar-refractivity contribution in [1.29, 1.82) is 0 Å². The van der Waals surface area contributed by atoms with E-state index < -0.39 is 11.9 Å². The van der Waals surface area contributed by atoms with Gasteiger partial charge in [-0.05, 0) is 66.5 Å². The maximum absolute atomic E-state index is 11.7. The molecule has 12 heteroatoms. The quantitative estimate of drug-likeness (QED) is 0.312. The van der Waals surface area contributed by atoms with Gasteiger partial charge < -0.3 is 37.5 Å². The number of hydrogen-bond acceptors (Lipinski definition) is 8. The molecule has 0 radical (unpaired) electrons. The van der Waals surface area contributed by atoms with Crippen LogP contribution in [-0.4, -0.2) is 71.5 Å². The normalized spacial score (nSPS) is 21.7. The highest BCUT2D eigenvalue weighted by atomic mass is 16.6. The van der Waals surface area contributed by atoms with Crippen molar-refractivity contribution in [3.8, 4) is 0 Å². The largest absolute Gasteiger partial charge is 0.388 e. The molecule has 0 spiro atoms. The van der Waals surface area contributed by atoms with Gasteiger partial charge in [-0.3, -0.25) is 4.79 Å². The molecule has 228 valence electrons. The minimum absolute atomic E-state index is 0.226. The number of nitrogen functional groups attached to an aromatic ring is 1. The molecular weight excluding hydrogens is 538 g/mol. The van der Waals surface area contributed by atoms with Crippen LogP contribution in [0.2, 0.25) is 0 Å². The number of benzene rings is 1. The molecule has 1 saturated carbocycles. The zero-order valence-electron chi connectivity index (χ0n) is 24.1. The second kappa shape index (κ2) is 14.3. The number of carbonyl (C=O) groups is 4. The molecule has 2 saturated heterocycles. The maximum atomic E-state index is 11.7. The maximum Gasteiger partial charge on any atom is 0.345 e. The molecule has 42 heavy (non-hydrogen) atoms. The van der Waals surface area contributed by atoms with Gasteiger partial charge in [0, 0.05) is 37.8 Å². The molecule has 2 unspecified atom stereocenters. The molecule has 2 aromatic rings. The van der Waals surface area contributed by atoms with Gasteiger partial charge in [0.15, 0.2) is 0 Å². The van der Waals surface area contributed by atoms with E-state index in [9.17, 15) is 19.2 Å². The number of primary amides is 2. The number of nitrogens with two attached hydrogens (primary N) is 4. The SMILES string of the molecule is NC(=O)N1CCC(C2CCN(C(N)=O)CC2C2CCCCC2)CC1.NCC(=O)OC(=O)c1ccc2ccnc(N)c2c1. The van der Waals surface area contributed by atoms with Gasteiger partial charge in [0.05, 0.1) is 12.1 Å². The highest BCUT2D eigenvalue weighted by molar-refractivity contribution is 6.02. The molecule has 8 N–H and O–H groups in total. The van der Waals surface area contributed by atoms with Crippen LogP contribution in [0.25, 0.3) is 10.8 Å². The molecule has 1 aromatic carbocycles. The van der Waals surface area contributed by atoms with Crippen molar-refractivity contribution in [1.82, 2.24) is 14.8 Å². The van der Waals surface area contributed by atoms with Gasteiger partial charge in [-0.25, -0.2) is 19.4 Å². The van der Waals surface area contributed by atoms with Crippen LogP contribution in [0.15, 0.2) is 30.5 Å². The Morgan fingerprint density at radius 2 is 1.48 bits per heavy atom. The van der Waals surface area contributed by atoms with Crippen LogP contribution >= 0.6 is 0 Å². The molecular formula is C30H43N7O5. The number of ether oxygens (including phenoxy) is 1. The topological polar surface area (TPSA) is 201 Å². The Hall–Kier alpha value is -3.93. The fourth-order valence-corrected chi connectivity index (χ4v) is 6.92. The first-order valence-electron chi connectivity index (χ1n) is 14.9. The molecule has 1 aromatic heterocycles. The molecule has 2 aliphatic heterocycles. The summed E-state index contributed by atoms with van der Waals surface area (Å²) >= 11 is 0. The smallest absolute Gasteiger partial charge is 0.345 e. The number of fused-ring (bicyclic) bond motifs is 1. The van der Waals surface area contributed by atoms with Crippen molar-refractivity contribution in [3.05, 3.63) is 36.0 Å². The lowest BCUT2D eigenvalue weighted by Gasteiger charge is -2.47. The van der Waals surface area contributed by atoms with E-state index in [0.29, 0.717) is 29.0 Å². The fraction of sp³-hybridized carbons (Fsp3) is 0.567. The number of aromatic nitrogens is 1. The Morgan fingerprint density at radius 1 is 0.833 bits per heavy atom. The highest BCUT2D eigenvalue weighted by Crippen LogP contribution is 2.43. The summed E-state index contributed by atoms with van der Waals surface area (Å²) in [5, 5.41) is 1.48. The van der Waals surface area contributed by atoms with E-state index >= 15 is 0 Å². The van der Waals surface area contributed by atoms with Gasteiger partial charge in [0.1, 0.15) is 5.82 Å². The van der Waals surface area contributed by atoms with Crippen LogP contribution in [0, 0.1) is 23.7 Å². The minimum atomic E-state index is -0.778. The number of piperidine rings is 2. The number of rotatable bonds is 4. The van der Waals surface area contributed by atoms with E-state index in [1.54, 1.807) is 29.3 Å². The second-order valence-electron chi connectivity index (χ2n) is 11.6. The first-order chi connectivity index (χ1) is 20.2. The zero-order valence-corrected chi connectivity index (χ0v) is 24.1. The Balaban J connectivity index is 0.000000201. The number of esters is 2. The van der Waals surface area contributed by atoms with Gasteiger partial charge in [0.25, 0.3) is 0 Å². The molecule has 0 bridgehead atoms. The first-order valence-corrected chi connectivity index (χ1v) is 14.9.